The van der Waals surface area contributed by atoms with Gasteiger partial charge in [-0.1, -0.05) is 30.3 Å². The summed E-state index contributed by atoms with van der Waals surface area (Å²) in [5.41, 5.74) is 1.41. The predicted molar refractivity (Wildman–Crippen MR) is 92.0 cm³/mol. The first-order chi connectivity index (χ1) is 10.8. The summed E-state index contributed by atoms with van der Waals surface area (Å²) >= 11 is 0. The van der Waals surface area contributed by atoms with Crippen molar-refractivity contribution in [3.8, 4) is 0 Å². The summed E-state index contributed by atoms with van der Waals surface area (Å²) in [6.07, 6.45) is 5.14. The monoisotopic (exact) mass is 300 g/mol. The van der Waals surface area contributed by atoms with Crippen LogP contribution in [-0.4, -0.2) is 43.6 Å². The molecule has 4 heteroatoms. The van der Waals surface area contributed by atoms with Crippen molar-refractivity contribution in [1.29, 1.82) is 0 Å². The van der Waals surface area contributed by atoms with Crippen molar-refractivity contribution in [1.82, 2.24) is 15.5 Å². The molecule has 4 nitrogen and oxygen atoms in total. The van der Waals surface area contributed by atoms with E-state index in [0.29, 0.717) is 6.04 Å². The molecule has 0 atom stereocenters. The molecule has 1 aliphatic carbocycles. The van der Waals surface area contributed by atoms with Gasteiger partial charge in [-0.25, -0.2) is 0 Å². The smallest absolute Gasteiger partial charge is 0.191 e. The number of piperidine rings is 1. The Hall–Kier alpha value is -1.55. The first-order valence-corrected chi connectivity index (χ1v) is 8.57. The number of hydrogen-bond donors (Lipinski definition) is 2. The van der Waals surface area contributed by atoms with E-state index in [0.717, 1.165) is 38.1 Å². The summed E-state index contributed by atoms with van der Waals surface area (Å²) in [7, 11) is 1.87. The lowest BCUT2D eigenvalue weighted by molar-refractivity contribution is 0.198. The van der Waals surface area contributed by atoms with Gasteiger partial charge in [-0.15, -0.1) is 0 Å². The number of likely N-dealkylation sites (tertiary alicyclic amines) is 1. The molecule has 1 aromatic rings. The van der Waals surface area contributed by atoms with Gasteiger partial charge in [0.25, 0.3) is 0 Å². The molecular formula is C18H28N4. The third-order valence-electron chi connectivity index (χ3n) is 4.66. The van der Waals surface area contributed by atoms with Gasteiger partial charge in [0.15, 0.2) is 5.96 Å². The Kier molecular flexibility index (Phi) is 5.33. The van der Waals surface area contributed by atoms with Gasteiger partial charge in [0.05, 0.1) is 0 Å². The molecule has 0 spiro atoms. The maximum Gasteiger partial charge on any atom is 0.191 e. The zero-order chi connectivity index (χ0) is 15.2. The van der Waals surface area contributed by atoms with Gasteiger partial charge < -0.3 is 10.6 Å². The van der Waals surface area contributed by atoms with Crippen molar-refractivity contribution in [3.63, 3.8) is 0 Å². The Morgan fingerprint density at radius 2 is 1.86 bits per heavy atom. The molecule has 22 heavy (non-hydrogen) atoms. The molecule has 1 heterocycles. The van der Waals surface area contributed by atoms with E-state index in [4.69, 9.17) is 0 Å². The fourth-order valence-electron chi connectivity index (χ4n) is 3.03. The molecular weight excluding hydrogens is 272 g/mol. The molecule has 1 saturated heterocycles. The van der Waals surface area contributed by atoms with Crippen LogP contribution in [0.2, 0.25) is 0 Å². The summed E-state index contributed by atoms with van der Waals surface area (Å²) < 4.78 is 0. The summed E-state index contributed by atoms with van der Waals surface area (Å²) in [5, 5.41) is 7.04. The Morgan fingerprint density at radius 3 is 2.50 bits per heavy atom. The Balaban J connectivity index is 1.39. The number of aliphatic imine (C=N–C) groups is 1. The summed E-state index contributed by atoms with van der Waals surface area (Å²) in [5.74, 6) is 1.86. The van der Waals surface area contributed by atoms with E-state index in [1.807, 2.05) is 7.05 Å². The number of benzene rings is 1. The molecule has 1 aliphatic heterocycles. The van der Waals surface area contributed by atoms with Crippen molar-refractivity contribution in [3.05, 3.63) is 35.9 Å². The highest BCUT2D eigenvalue weighted by Gasteiger charge is 2.23. The highest BCUT2D eigenvalue weighted by molar-refractivity contribution is 5.80. The Bertz CT molecular complexity index is 473. The number of nitrogens with zero attached hydrogens (tertiary/aromatic N) is 2. The fourth-order valence-corrected chi connectivity index (χ4v) is 3.03. The second-order valence-electron chi connectivity index (χ2n) is 6.58. The van der Waals surface area contributed by atoms with Crippen molar-refractivity contribution in [2.75, 3.05) is 26.7 Å². The first kappa shape index (κ1) is 15.3. The van der Waals surface area contributed by atoms with Gasteiger partial charge in [0, 0.05) is 39.3 Å². The van der Waals surface area contributed by atoms with Crippen molar-refractivity contribution < 1.29 is 0 Å². The van der Waals surface area contributed by atoms with Gasteiger partial charge >= 0.3 is 0 Å². The zero-order valence-electron chi connectivity index (χ0n) is 13.6. The van der Waals surface area contributed by atoms with Crippen LogP contribution in [0.1, 0.15) is 31.2 Å². The molecule has 0 aromatic heterocycles. The fraction of sp³-hybridized carbons (Fsp3) is 0.611. The molecule has 0 amide bonds. The van der Waals surface area contributed by atoms with Crippen LogP contribution in [-0.2, 0) is 6.54 Å². The van der Waals surface area contributed by atoms with Crippen LogP contribution in [0.3, 0.4) is 0 Å². The number of nitrogens with one attached hydrogen (secondary N) is 2. The van der Waals surface area contributed by atoms with Gasteiger partial charge in [-0.2, -0.15) is 0 Å². The molecule has 0 bridgehead atoms. The maximum absolute atomic E-state index is 4.35. The molecule has 2 fully saturated rings. The van der Waals surface area contributed by atoms with E-state index in [9.17, 15) is 0 Å². The lowest BCUT2D eigenvalue weighted by atomic mass is 10.0. The third kappa shape index (κ3) is 4.73. The number of hydrogen-bond acceptors (Lipinski definition) is 2. The molecule has 1 saturated carbocycles. The Labute approximate surface area is 134 Å². The second-order valence-corrected chi connectivity index (χ2v) is 6.58. The minimum atomic E-state index is 0.553. The summed E-state index contributed by atoms with van der Waals surface area (Å²) in [6, 6.07) is 11.3. The minimum Gasteiger partial charge on any atom is -0.356 e. The normalized spacial score (nSPS) is 20.9. The molecule has 0 radical (unpaired) electrons. The molecule has 0 unspecified atom stereocenters. The standard InChI is InChI=1S/C18H28N4/c1-19-18(20-13-15-7-8-15)21-17-9-11-22(12-10-17)14-16-5-3-2-4-6-16/h2-6,15,17H,7-14H2,1H3,(H2,19,20,21). The predicted octanol–water partition coefficient (Wildman–Crippen LogP) is 2.23. The average molecular weight is 300 g/mol. The van der Waals surface area contributed by atoms with Crippen LogP contribution in [0.15, 0.2) is 35.3 Å². The second kappa shape index (κ2) is 7.63. The van der Waals surface area contributed by atoms with Crippen LogP contribution in [0, 0.1) is 5.92 Å². The molecule has 1 aromatic carbocycles. The van der Waals surface area contributed by atoms with E-state index >= 15 is 0 Å². The van der Waals surface area contributed by atoms with E-state index in [1.54, 1.807) is 0 Å². The SMILES string of the molecule is CN=C(NCC1CC1)NC1CCN(Cc2ccccc2)CC1. The minimum absolute atomic E-state index is 0.553. The van der Waals surface area contributed by atoms with Crippen molar-refractivity contribution >= 4 is 5.96 Å². The van der Waals surface area contributed by atoms with Crippen LogP contribution >= 0.6 is 0 Å². The summed E-state index contributed by atoms with van der Waals surface area (Å²) in [6.45, 7) is 4.47. The van der Waals surface area contributed by atoms with Gasteiger partial charge in [-0.05, 0) is 37.2 Å². The maximum atomic E-state index is 4.35. The highest BCUT2D eigenvalue weighted by Crippen LogP contribution is 2.27. The van der Waals surface area contributed by atoms with Crippen LogP contribution in [0.5, 0.6) is 0 Å². The molecule has 2 aliphatic rings. The van der Waals surface area contributed by atoms with E-state index in [2.05, 4.69) is 50.9 Å². The van der Waals surface area contributed by atoms with Gasteiger partial charge in [0.2, 0.25) is 0 Å². The lowest BCUT2D eigenvalue weighted by Gasteiger charge is -2.33. The molecule has 120 valence electrons. The van der Waals surface area contributed by atoms with Gasteiger partial charge in [-0.3, -0.25) is 9.89 Å². The van der Waals surface area contributed by atoms with Crippen LogP contribution in [0.25, 0.3) is 0 Å². The molecule has 3 rings (SSSR count). The highest BCUT2D eigenvalue weighted by atomic mass is 15.2. The van der Waals surface area contributed by atoms with E-state index < -0.39 is 0 Å². The van der Waals surface area contributed by atoms with E-state index in [-0.39, 0.29) is 0 Å². The number of guanidine groups is 1. The third-order valence-corrected chi connectivity index (χ3v) is 4.66. The first-order valence-electron chi connectivity index (χ1n) is 8.57. The largest absolute Gasteiger partial charge is 0.356 e. The topological polar surface area (TPSA) is 39.7 Å². The zero-order valence-corrected chi connectivity index (χ0v) is 13.6. The van der Waals surface area contributed by atoms with Crippen molar-refractivity contribution in [2.45, 2.75) is 38.3 Å². The quantitative estimate of drug-likeness (QED) is 0.647. The van der Waals surface area contributed by atoms with Crippen LogP contribution in [0.4, 0.5) is 0 Å². The van der Waals surface area contributed by atoms with Crippen molar-refractivity contribution in [2.24, 2.45) is 10.9 Å². The van der Waals surface area contributed by atoms with Crippen LogP contribution < -0.4 is 10.6 Å². The Morgan fingerprint density at radius 1 is 1.14 bits per heavy atom. The van der Waals surface area contributed by atoms with E-state index in [1.165, 1.54) is 31.2 Å². The lowest BCUT2D eigenvalue weighted by Crippen LogP contribution is -2.48. The summed E-state index contributed by atoms with van der Waals surface area (Å²) in [4.78, 5) is 6.90. The number of rotatable bonds is 5. The average Bonchev–Trinajstić information content (AvgIpc) is 3.38. The molecule has 2 N–H and O–H groups in total. The van der Waals surface area contributed by atoms with Gasteiger partial charge in [0.1, 0.15) is 0 Å².